The van der Waals surface area contributed by atoms with Crippen molar-refractivity contribution in [3.05, 3.63) is 17.5 Å². The van der Waals surface area contributed by atoms with E-state index in [2.05, 4.69) is 24.3 Å². The minimum atomic E-state index is -1.25. The maximum Gasteiger partial charge on any atom is 0.329 e. The Kier molecular flexibility index (Phi) is 6.14. The Bertz CT molecular complexity index is 535. The molecule has 0 bridgehead atoms. The van der Waals surface area contributed by atoms with Crippen molar-refractivity contribution in [1.82, 2.24) is 15.1 Å². The molecule has 1 heterocycles. The smallest absolute Gasteiger partial charge is 0.329 e. The van der Waals surface area contributed by atoms with Crippen LogP contribution in [0.4, 0.5) is 0 Å². The number of hydrogen-bond donors (Lipinski definition) is 2. The fraction of sp³-hybridized carbons (Fsp3) is 0.688. The number of hydrogen-bond acceptors (Lipinski definition) is 3. The molecule has 1 amide bonds. The first kappa shape index (κ1) is 18.2. The summed E-state index contributed by atoms with van der Waals surface area (Å²) in [6.07, 6.45) is 4.45. The molecule has 0 aliphatic heterocycles. The van der Waals surface area contributed by atoms with Gasteiger partial charge in [0.05, 0.1) is 17.8 Å². The number of carboxylic acids is 1. The number of nitrogens with zero attached hydrogens (tertiary/aromatic N) is 2. The highest BCUT2D eigenvalue weighted by Gasteiger charge is 2.34. The molecule has 1 rings (SSSR count). The van der Waals surface area contributed by atoms with Gasteiger partial charge < -0.3 is 10.4 Å². The topological polar surface area (TPSA) is 84.2 Å². The van der Waals surface area contributed by atoms with Crippen molar-refractivity contribution >= 4 is 11.9 Å². The molecule has 1 unspecified atom stereocenters. The molecular weight excluding hydrogens is 282 g/mol. The van der Waals surface area contributed by atoms with Gasteiger partial charge in [0, 0.05) is 5.69 Å². The molecule has 22 heavy (non-hydrogen) atoms. The molecule has 2 N–H and O–H groups in total. The van der Waals surface area contributed by atoms with Crippen molar-refractivity contribution in [2.24, 2.45) is 0 Å². The molecule has 6 nitrogen and oxygen atoms in total. The maximum atomic E-state index is 12.4. The van der Waals surface area contributed by atoms with Gasteiger partial charge in [-0.15, -0.1) is 0 Å². The van der Waals surface area contributed by atoms with Crippen LogP contribution in [0, 0.1) is 6.92 Å². The van der Waals surface area contributed by atoms with E-state index >= 15 is 0 Å². The van der Waals surface area contributed by atoms with Gasteiger partial charge in [0.25, 0.3) is 5.91 Å². The van der Waals surface area contributed by atoms with Crippen LogP contribution in [-0.4, -0.2) is 32.3 Å². The Labute approximate surface area is 131 Å². The number of rotatable bonds is 8. The van der Waals surface area contributed by atoms with E-state index in [1.54, 1.807) is 0 Å². The number of carbonyl (C=O) groups excluding carboxylic acids is 1. The molecule has 0 fully saturated rings. The van der Waals surface area contributed by atoms with Crippen molar-refractivity contribution < 1.29 is 14.7 Å². The third kappa shape index (κ3) is 3.67. The number of amides is 1. The zero-order chi connectivity index (χ0) is 16.9. The Morgan fingerprint density at radius 1 is 1.36 bits per heavy atom. The van der Waals surface area contributed by atoms with Crippen molar-refractivity contribution in [1.29, 1.82) is 0 Å². The van der Waals surface area contributed by atoms with E-state index in [9.17, 15) is 14.7 Å². The summed E-state index contributed by atoms with van der Waals surface area (Å²) >= 11 is 0. The summed E-state index contributed by atoms with van der Waals surface area (Å²) in [4.78, 5) is 23.9. The Balaban J connectivity index is 3.02. The van der Waals surface area contributed by atoms with Crippen LogP contribution in [0.15, 0.2) is 6.20 Å². The molecule has 6 heteroatoms. The maximum absolute atomic E-state index is 12.4. The predicted octanol–water partition coefficient (Wildman–Crippen LogP) is 2.93. The number of carboxylic acid groups (broad SMARTS) is 1. The average molecular weight is 309 g/mol. The van der Waals surface area contributed by atoms with E-state index in [0.717, 1.165) is 18.5 Å². The van der Waals surface area contributed by atoms with Crippen LogP contribution in [0.3, 0.4) is 0 Å². The van der Waals surface area contributed by atoms with Gasteiger partial charge in [0.15, 0.2) is 0 Å². The van der Waals surface area contributed by atoms with Gasteiger partial charge in [-0.2, -0.15) is 5.10 Å². The first-order valence-electron chi connectivity index (χ1n) is 7.90. The second kappa shape index (κ2) is 7.42. The monoisotopic (exact) mass is 309 g/mol. The second-order valence-corrected chi connectivity index (χ2v) is 5.90. The largest absolute Gasteiger partial charge is 0.480 e. The predicted molar refractivity (Wildman–Crippen MR) is 85.0 cm³/mol. The zero-order valence-electron chi connectivity index (χ0n) is 14.1. The highest BCUT2D eigenvalue weighted by atomic mass is 16.4. The van der Waals surface area contributed by atoms with Crippen molar-refractivity contribution in [3.8, 4) is 0 Å². The molecule has 0 saturated heterocycles. The van der Waals surface area contributed by atoms with Crippen LogP contribution in [-0.2, 0) is 4.79 Å². The molecule has 1 atom stereocenters. The van der Waals surface area contributed by atoms with Crippen LogP contribution in [0.5, 0.6) is 0 Å². The Morgan fingerprint density at radius 2 is 1.95 bits per heavy atom. The standard InChI is InChI=1S/C16H27N3O3/c1-6-9-16(5,15(21)22)18-14(20)13-10-17-19(11(13)4)12(7-2)8-3/h10,12H,6-9H2,1-5H3,(H,18,20)(H,21,22). The number of nitrogens with one attached hydrogen (secondary N) is 1. The second-order valence-electron chi connectivity index (χ2n) is 5.90. The quantitative estimate of drug-likeness (QED) is 0.773. The summed E-state index contributed by atoms with van der Waals surface area (Å²) < 4.78 is 1.85. The van der Waals surface area contributed by atoms with E-state index < -0.39 is 11.5 Å². The Hall–Kier alpha value is -1.85. The lowest BCUT2D eigenvalue weighted by molar-refractivity contribution is -0.144. The number of aliphatic carboxylic acids is 1. The molecule has 0 aromatic carbocycles. The first-order chi connectivity index (χ1) is 10.3. The van der Waals surface area contributed by atoms with Crippen LogP contribution in [0.25, 0.3) is 0 Å². The summed E-state index contributed by atoms with van der Waals surface area (Å²) in [6.45, 7) is 9.44. The van der Waals surface area contributed by atoms with Crippen molar-refractivity contribution in [2.75, 3.05) is 0 Å². The van der Waals surface area contributed by atoms with E-state index in [1.807, 2.05) is 18.5 Å². The highest BCUT2D eigenvalue weighted by molar-refractivity contribution is 5.98. The molecule has 124 valence electrons. The summed E-state index contributed by atoms with van der Waals surface area (Å²) in [6, 6.07) is 0.253. The first-order valence-corrected chi connectivity index (χ1v) is 7.90. The van der Waals surface area contributed by atoms with Crippen LogP contribution in [0.1, 0.15) is 75.5 Å². The number of carbonyl (C=O) groups is 2. The van der Waals surface area contributed by atoms with Crippen LogP contribution in [0.2, 0.25) is 0 Å². The summed E-state index contributed by atoms with van der Waals surface area (Å²) in [7, 11) is 0. The molecule has 0 radical (unpaired) electrons. The van der Waals surface area contributed by atoms with Crippen molar-refractivity contribution in [3.63, 3.8) is 0 Å². The normalized spacial score (nSPS) is 13.9. The van der Waals surface area contributed by atoms with Gasteiger partial charge in [0.2, 0.25) is 0 Å². The van der Waals surface area contributed by atoms with Gasteiger partial charge in [-0.1, -0.05) is 27.2 Å². The fourth-order valence-corrected chi connectivity index (χ4v) is 2.69. The molecule has 0 aliphatic rings. The lowest BCUT2D eigenvalue weighted by atomic mass is 9.96. The molecule has 1 aromatic heterocycles. The molecular formula is C16H27N3O3. The van der Waals surface area contributed by atoms with Gasteiger partial charge in [-0.25, -0.2) is 4.79 Å². The summed E-state index contributed by atoms with van der Waals surface area (Å²) in [5.74, 6) is -1.40. The van der Waals surface area contributed by atoms with Gasteiger partial charge in [-0.3, -0.25) is 9.48 Å². The highest BCUT2D eigenvalue weighted by Crippen LogP contribution is 2.20. The SMILES string of the molecule is CCCC(C)(NC(=O)c1cnn(C(CC)CC)c1C)C(=O)O. The van der Waals surface area contributed by atoms with Crippen LogP contribution >= 0.6 is 0 Å². The van der Waals surface area contributed by atoms with Gasteiger partial charge in [-0.05, 0) is 33.1 Å². The third-order valence-corrected chi connectivity index (χ3v) is 4.19. The molecule has 0 saturated carbocycles. The molecule has 1 aromatic rings. The third-order valence-electron chi connectivity index (χ3n) is 4.19. The van der Waals surface area contributed by atoms with Gasteiger partial charge >= 0.3 is 5.97 Å². The van der Waals surface area contributed by atoms with E-state index in [4.69, 9.17) is 0 Å². The molecule has 0 spiro atoms. The minimum Gasteiger partial charge on any atom is -0.480 e. The van der Waals surface area contributed by atoms with E-state index in [-0.39, 0.29) is 11.9 Å². The Morgan fingerprint density at radius 3 is 2.41 bits per heavy atom. The van der Waals surface area contributed by atoms with Crippen molar-refractivity contribution in [2.45, 2.75) is 71.9 Å². The van der Waals surface area contributed by atoms with Crippen LogP contribution < -0.4 is 5.32 Å². The minimum absolute atomic E-state index is 0.253. The van der Waals surface area contributed by atoms with E-state index in [1.165, 1.54) is 13.1 Å². The lowest BCUT2D eigenvalue weighted by Gasteiger charge is -2.25. The fourth-order valence-electron chi connectivity index (χ4n) is 2.69. The number of aromatic nitrogens is 2. The van der Waals surface area contributed by atoms with Gasteiger partial charge in [0.1, 0.15) is 5.54 Å². The lowest BCUT2D eigenvalue weighted by Crippen LogP contribution is -2.52. The average Bonchev–Trinajstić information content (AvgIpc) is 2.82. The molecule has 0 aliphatic carbocycles. The summed E-state index contributed by atoms with van der Waals surface area (Å²) in [5, 5.41) is 16.3. The van der Waals surface area contributed by atoms with E-state index in [0.29, 0.717) is 18.4 Å². The zero-order valence-corrected chi connectivity index (χ0v) is 14.1. The summed E-state index contributed by atoms with van der Waals surface area (Å²) in [5.41, 5.74) is -0.0409.